The van der Waals surface area contributed by atoms with Crippen molar-refractivity contribution in [2.45, 2.75) is 58.7 Å². The number of likely N-dealkylation sites (tertiary alicyclic amines) is 1. The molecule has 1 N–H and O–H groups in total. The van der Waals surface area contributed by atoms with E-state index in [1.807, 2.05) is 0 Å². The number of nitrogens with one attached hydrogen (secondary N) is 1. The van der Waals surface area contributed by atoms with Crippen molar-refractivity contribution in [2.75, 3.05) is 45.9 Å². The third kappa shape index (κ3) is 5.20. The highest BCUT2D eigenvalue weighted by Crippen LogP contribution is 2.22. The fourth-order valence-electron chi connectivity index (χ4n) is 3.51. The van der Waals surface area contributed by atoms with Crippen molar-refractivity contribution in [1.29, 1.82) is 0 Å². The second-order valence-electron chi connectivity index (χ2n) is 8.03. The lowest BCUT2D eigenvalue weighted by molar-refractivity contribution is 0.0169. The lowest BCUT2D eigenvalue weighted by Gasteiger charge is -2.36. The number of morpholine rings is 1. The summed E-state index contributed by atoms with van der Waals surface area (Å²) in [5.41, 5.74) is 0.205. The van der Waals surface area contributed by atoms with Gasteiger partial charge in [0.05, 0.1) is 13.2 Å². The first-order chi connectivity index (χ1) is 9.87. The number of hydrogen-bond acceptors (Lipinski definition) is 4. The molecule has 0 aliphatic carbocycles. The summed E-state index contributed by atoms with van der Waals surface area (Å²) < 4.78 is 5.48. The maximum Gasteiger partial charge on any atom is 0.0594 e. The van der Waals surface area contributed by atoms with Crippen molar-refractivity contribution in [3.8, 4) is 0 Å². The Labute approximate surface area is 131 Å². The van der Waals surface area contributed by atoms with Crippen LogP contribution >= 0.6 is 0 Å². The topological polar surface area (TPSA) is 27.7 Å². The van der Waals surface area contributed by atoms with Gasteiger partial charge >= 0.3 is 0 Å². The molecule has 0 aromatic carbocycles. The van der Waals surface area contributed by atoms with E-state index >= 15 is 0 Å². The molecule has 21 heavy (non-hydrogen) atoms. The molecule has 0 spiro atoms. The molecule has 0 bridgehead atoms. The fraction of sp³-hybridized carbons (Fsp3) is 1.00. The van der Waals surface area contributed by atoms with Crippen LogP contribution < -0.4 is 5.32 Å². The minimum absolute atomic E-state index is 0.205. The van der Waals surface area contributed by atoms with Gasteiger partial charge in [-0.1, -0.05) is 13.8 Å². The van der Waals surface area contributed by atoms with Gasteiger partial charge in [-0.3, -0.25) is 9.80 Å². The Hall–Kier alpha value is -0.160. The van der Waals surface area contributed by atoms with Gasteiger partial charge in [0.1, 0.15) is 0 Å². The van der Waals surface area contributed by atoms with Gasteiger partial charge in [0.2, 0.25) is 0 Å². The molecule has 2 unspecified atom stereocenters. The number of rotatable bonds is 5. The molecule has 4 heteroatoms. The second kappa shape index (κ2) is 7.40. The Morgan fingerprint density at radius 1 is 1.14 bits per heavy atom. The van der Waals surface area contributed by atoms with E-state index in [0.717, 1.165) is 38.9 Å². The summed E-state index contributed by atoms with van der Waals surface area (Å²) in [6.45, 7) is 19.1. The van der Waals surface area contributed by atoms with Gasteiger partial charge in [0.15, 0.2) is 0 Å². The lowest BCUT2D eigenvalue weighted by atomic mass is 10.0. The van der Waals surface area contributed by atoms with Crippen LogP contribution in [0.2, 0.25) is 0 Å². The van der Waals surface area contributed by atoms with Crippen molar-refractivity contribution in [1.82, 2.24) is 15.1 Å². The molecule has 0 aromatic rings. The average Bonchev–Trinajstić information content (AvgIpc) is 2.88. The first kappa shape index (κ1) is 17.2. The maximum atomic E-state index is 5.48. The molecule has 2 aliphatic heterocycles. The normalized spacial score (nSPS) is 27.4. The molecule has 0 amide bonds. The first-order valence-electron chi connectivity index (χ1n) is 8.67. The third-order valence-corrected chi connectivity index (χ3v) is 4.84. The Bertz CT molecular complexity index is 308. The maximum absolute atomic E-state index is 5.48. The quantitative estimate of drug-likeness (QED) is 0.837. The van der Waals surface area contributed by atoms with Gasteiger partial charge in [-0.05, 0) is 33.1 Å². The third-order valence-electron chi connectivity index (χ3n) is 4.84. The van der Waals surface area contributed by atoms with Crippen LogP contribution in [-0.2, 0) is 4.74 Å². The minimum Gasteiger partial charge on any atom is -0.379 e. The SMILES string of the molecule is CC(C)C(CNC(C)(C)C)N1CCC(N2CCOCC2)C1. The average molecular weight is 297 g/mol. The van der Waals surface area contributed by atoms with Crippen LogP contribution in [0.4, 0.5) is 0 Å². The summed E-state index contributed by atoms with van der Waals surface area (Å²) in [6, 6.07) is 1.39. The summed E-state index contributed by atoms with van der Waals surface area (Å²) in [5, 5.41) is 3.70. The molecule has 2 atom stereocenters. The predicted molar refractivity (Wildman–Crippen MR) is 88.8 cm³/mol. The summed E-state index contributed by atoms with van der Waals surface area (Å²) in [4.78, 5) is 5.35. The van der Waals surface area contributed by atoms with Crippen molar-refractivity contribution >= 4 is 0 Å². The molecular formula is C17H35N3O. The molecule has 4 nitrogen and oxygen atoms in total. The highest BCUT2D eigenvalue weighted by Gasteiger charge is 2.33. The fourth-order valence-corrected chi connectivity index (χ4v) is 3.51. The summed E-state index contributed by atoms with van der Waals surface area (Å²) in [5.74, 6) is 0.697. The molecule has 2 heterocycles. The lowest BCUT2D eigenvalue weighted by Crippen LogP contribution is -2.50. The van der Waals surface area contributed by atoms with E-state index in [4.69, 9.17) is 4.74 Å². The molecule has 0 aromatic heterocycles. The van der Waals surface area contributed by atoms with E-state index in [2.05, 4.69) is 49.7 Å². The monoisotopic (exact) mass is 297 g/mol. The van der Waals surface area contributed by atoms with Crippen molar-refractivity contribution in [3.05, 3.63) is 0 Å². The molecule has 2 rings (SSSR count). The van der Waals surface area contributed by atoms with Gasteiger partial charge in [0, 0.05) is 50.3 Å². The van der Waals surface area contributed by atoms with E-state index in [0.29, 0.717) is 12.0 Å². The summed E-state index contributed by atoms with van der Waals surface area (Å²) in [7, 11) is 0. The summed E-state index contributed by atoms with van der Waals surface area (Å²) in [6.07, 6.45) is 1.32. The van der Waals surface area contributed by atoms with Gasteiger partial charge in [-0.2, -0.15) is 0 Å². The van der Waals surface area contributed by atoms with Crippen LogP contribution in [0.5, 0.6) is 0 Å². The molecule has 124 valence electrons. The van der Waals surface area contributed by atoms with Crippen molar-refractivity contribution < 1.29 is 4.74 Å². The van der Waals surface area contributed by atoms with Crippen molar-refractivity contribution in [2.24, 2.45) is 5.92 Å². The van der Waals surface area contributed by atoms with Crippen molar-refractivity contribution in [3.63, 3.8) is 0 Å². The standard InChI is InChI=1S/C17H35N3O/c1-14(2)16(12-18-17(3,4)5)20-7-6-15(13-20)19-8-10-21-11-9-19/h14-16,18H,6-13H2,1-5H3. The zero-order valence-corrected chi connectivity index (χ0v) is 14.7. The van der Waals surface area contributed by atoms with Gasteiger partial charge in [0.25, 0.3) is 0 Å². The van der Waals surface area contributed by atoms with Gasteiger partial charge in [-0.15, -0.1) is 0 Å². The zero-order chi connectivity index (χ0) is 15.5. The van der Waals surface area contributed by atoms with Crippen LogP contribution in [0.1, 0.15) is 41.0 Å². The Kier molecular flexibility index (Phi) is 6.06. The largest absolute Gasteiger partial charge is 0.379 e. The van der Waals surface area contributed by atoms with E-state index in [1.54, 1.807) is 0 Å². The first-order valence-corrected chi connectivity index (χ1v) is 8.67. The Balaban J connectivity index is 1.86. The molecule has 2 aliphatic rings. The van der Waals surface area contributed by atoms with Crippen LogP contribution in [0, 0.1) is 5.92 Å². The summed E-state index contributed by atoms with van der Waals surface area (Å²) >= 11 is 0. The molecule has 0 radical (unpaired) electrons. The van der Waals surface area contributed by atoms with E-state index in [-0.39, 0.29) is 5.54 Å². The second-order valence-corrected chi connectivity index (χ2v) is 8.03. The Morgan fingerprint density at radius 3 is 2.38 bits per heavy atom. The number of hydrogen-bond donors (Lipinski definition) is 1. The molecule has 2 saturated heterocycles. The Morgan fingerprint density at radius 2 is 1.81 bits per heavy atom. The van der Waals surface area contributed by atoms with E-state index in [9.17, 15) is 0 Å². The van der Waals surface area contributed by atoms with E-state index in [1.165, 1.54) is 19.5 Å². The minimum atomic E-state index is 0.205. The highest BCUT2D eigenvalue weighted by molar-refractivity contribution is 4.90. The number of ether oxygens (including phenoxy) is 1. The molecule has 0 saturated carbocycles. The van der Waals surface area contributed by atoms with Crippen LogP contribution in [-0.4, -0.2) is 73.4 Å². The van der Waals surface area contributed by atoms with Crippen LogP contribution in [0.15, 0.2) is 0 Å². The predicted octanol–water partition coefficient (Wildman–Crippen LogP) is 1.81. The zero-order valence-electron chi connectivity index (χ0n) is 14.7. The van der Waals surface area contributed by atoms with E-state index < -0.39 is 0 Å². The van der Waals surface area contributed by atoms with Crippen LogP contribution in [0.25, 0.3) is 0 Å². The smallest absolute Gasteiger partial charge is 0.0594 e. The van der Waals surface area contributed by atoms with Gasteiger partial charge < -0.3 is 10.1 Å². The molecular weight excluding hydrogens is 262 g/mol. The van der Waals surface area contributed by atoms with Gasteiger partial charge in [-0.25, -0.2) is 0 Å². The number of nitrogens with zero attached hydrogens (tertiary/aromatic N) is 2. The highest BCUT2D eigenvalue weighted by atomic mass is 16.5. The molecule has 2 fully saturated rings. The van der Waals surface area contributed by atoms with Crippen LogP contribution in [0.3, 0.4) is 0 Å².